The second-order valence-electron chi connectivity index (χ2n) is 7.47. The summed E-state index contributed by atoms with van der Waals surface area (Å²) in [7, 11) is 1.70. The van der Waals surface area contributed by atoms with Crippen LogP contribution >= 0.6 is 0 Å². The quantitative estimate of drug-likeness (QED) is 0.384. The Morgan fingerprint density at radius 1 is 1.17 bits per heavy atom. The van der Waals surface area contributed by atoms with Gasteiger partial charge >= 0.3 is 0 Å². The second kappa shape index (κ2) is 11.6. The Morgan fingerprint density at radius 3 is 2.76 bits per heavy atom. The minimum Gasteiger partial charge on any atom is -0.469 e. The van der Waals surface area contributed by atoms with Crippen molar-refractivity contribution in [3.8, 4) is 0 Å². The number of guanidine groups is 1. The van der Waals surface area contributed by atoms with Crippen LogP contribution in [0.5, 0.6) is 0 Å². The Hall–Kier alpha value is -2.31. The maximum atomic E-state index is 6.13. The highest BCUT2D eigenvalue weighted by Crippen LogP contribution is 2.33. The smallest absolute Gasteiger partial charge is 0.191 e. The maximum absolute atomic E-state index is 6.13. The van der Waals surface area contributed by atoms with Gasteiger partial charge in [0.05, 0.1) is 19.0 Å². The Bertz CT molecular complexity index is 728. The lowest BCUT2D eigenvalue weighted by Gasteiger charge is -2.31. The zero-order valence-electron chi connectivity index (χ0n) is 17.5. The first kappa shape index (κ1) is 21.4. The number of ether oxygens (including phenoxy) is 2. The largest absolute Gasteiger partial charge is 0.469 e. The summed E-state index contributed by atoms with van der Waals surface area (Å²) in [5, 5.41) is 6.75. The molecule has 2 unspecified atom stereocenters. The summed E-state index contributed by atoms with van der Waals surface area (Å²) in [6.45, 7) is 5.76. The summed E-state index contributed by atoms with van der Waals surface area (Å²) in [4.78, 5) is 4.86. The van der Waals surface area contributed by atoms with Gasteiger partial charge in [0.2, 0.25) is 0 Å². The van der Waals surface area contributed by atoms with Gasteiger partial charge in [-0.3, -0.25) is 4.99 Å². The SMILES string of the molecule is COCCNC(=NCC1CCCOC1c1ccc(C)cc1)NCCc1ccco1. The molecular weight excluding hydrogens is 366 g/mol. The van der Waals surface area contributed by atoms with Crippen molar-refractivity contribution >= 4 is 5.96 Å². The predicted molar refractivity (Wildman–Crippen MR) is 115 cm³/mol. The van der Waals surface area contributed by atoms with E-state index in [1.165, 1.54) is 11.1 Å². The molecule has 0 aliphatic carbocycles. The molecule has 1 aromatic carbocycles. The number of benzene rings is 1. The molecule has 1 aromatic heterocycles. The summed E-state index contributed by atoms with van der Waals surface area (Å²) < 4.78 is 16.7. The van der Waals surface area contributed by atoms with Crippen molar-refractivity contribution in [2.75, 3.05) is 40.0 Å². The van der Waals surface area contributed by atoms with Crippen LogP contribution in [0.4, 0.5) is 0 Å². The average Bonchev–Trinajstić information content (AvgIpc) is 3.26. The van der Waals surface area contributed by atoms with E-state index in [4.69, 9.17) is 18.9 Å². The lowest BCUT2D eigenvalue weighted by Crippen LogP contribution is -2.40. The number of rotatable bonds is 9. The van der Waals surface area contributed by atoms with Crippen molar-refractivity contribution in [3.05, 3.63) is 59.5 Å². The summed E-state index contributed by atoms with van der Waals surface area (Å²) in [5.41, 5.74) is 2.51. The number of nitrogens with one attached hydrogen (secondary N) is 2. The van der Waals surface area contributed by atoms with Crippen LogP contribution in [0, 0.1) is 12.8 Å². The average molecular weight is 400 g/mol. The number of methoxy groups -OCH3 is 1. The van der Waals surface area contributed by atoms with Gasteiger partial charge in [0, 0.05) is 45.7 Å². The molecule has 2 N–H and O–H groups in total. The molecule has 1 aliphatic heterocycles. The van der Waals surface area contributed by atoms with E-state index in [2.05, 4.69) is 41.8 Å². The van der Waals surface area contributed by atoms with Crippen LogP contribution in [0.2, 0.25) is 0 Å². The molecule has 1 aliphatic rings. The molecule has 2 heterocycles. The Balaban J connectivity index is 1.60. The van der Waals surface area contributed by atoms with E-state index >= 15 is 0 Å². The van der Waals surface area contributed by atoms with Crippen molar-refractivity contribution in [1.82, 2.24) is 10.6 Å². The maximum Gasteiger partial charge on any atom is 0.191 e. The molecule has 3 rings (SSSR count). The van der Waals surface area contributed by atoms with Gasteiger partial charge in [-0.1, -0.05) is 29.8 Å². The van der Waals surface area contributed by atoms with Crippen molar-refractivity contribution in [2.45, 2.75) is 32.3 Å². The van der Waals surface area contributed by atoms with Crippen molar-refractivity contribution in [2.24, 2.45) is 10.9 Å². The van der Waals surface area contributed by atoms with Crippen LogP contribution in [-0.2, 0) is 15.9 Å². The van der Waals surface area contributed by atoms with E-state index in [-0.39, 0.29) is 6.10 Å². The molecule has 29 heavy (non-hydrogen) atoms. The molecule has 2 aromatic rings. The first-order chi connectivity index (χ1) is 14.3. The molecule has 0 radical (unpaired) electrons. The fraction of sp³-hybridized carbons (Fsp3) is 0.522. The van der Waals surface area contributed by atoms with Gasteiger partial charge in [-0.15, -0.1) is 0 Å². The fourth-order valence-corrected chi connectivity index (χ4v) is 3.57. The zero-order chi connectivity index (χ0) is 20.3. The summed E-state index contributed by atoms with van der Waals surface area (Å²) in [5.74, 6) is 2.15. The summed E-state index contributed by atoms with van der Waals surface area (Å²) in [6.07, 6.45) is 4.84. The molecule has 0 spiro atoms. The number of aryl methyl sites for hydroxylation is 1. The van der Waals surface area contributed by atoms with Crippen LogP contribution < -0.4 is 10.6 Å². The number of furan rings is 1. The molecule has 1 fully saturated rings. The molecule has 2 atom stereocenters. The highest BCUT2D eigenvalue weighted by Gasteiger charge is 2.27. The van der Waals surface area contributed by atoms with E-state index < -0.39 is 0 Å². The van der Waals surface area contributed by atoms with Crippen LogP contribution in [-0.4, -0.2) is 45.9 Å². The van der Waals surface area contributed by atoms with E-state index in [9.17, 15) is 0 Å². The van der Waals surface area contributed by atoms with E-state index in [1.807, 2.05) is 12.1 Å². The van der Waals surface area contributed by atoms with E-state index in [1.54, 1.807) is 13.4 Å². The monoisotopic (exact) mass is 399 g/mol. The standard InChI is InChI=1S/C23H33N3O3/c1-18-7-9-19(10-8-18)22-20(5-3-15-29-22)17-26-23(25-13-16-27-2)24-12-11-21-6-4-14-28-21/h4,6-10,14,20,22H,3,5,11-13,15-17H2,1-2H3,(H2,24,25,26). The Labute approximate surface area is 173 Å². The lowest BCUT2D eigenvalue weighted by molar-refractivity contribution is -0.0250. The Morgan fingerprint density at radius 2 is 2.00 bits per heavy atom. The molecular formula is C23H33N3O3. The molecule has 158 valence electrons. The van der Waals surface area contributed by atoms with Gasteiger partial charge in [-0.2, -0.15) is 0 Å². The van der Waals surface area contributed by atoms with Crippen molar-refractivity contribution < 1.29 is 13.9 Å². The highest BCUT2D eigenvalue weighted by molar-refractivity contribution is 5.79. The molecule has 0 amide bonds. The first-order valence-corrected chi connectivity index (χ1v) is 10.5. The van der Waals surface area contributed by atoms with Gasteiger partial charge in [0.15, 0.2) is 5.96 Å². The predicted octanol–water partition coefficient (Wildman–Crippen LogP) is 3.48. The minimum atomic E-state index is 0.108. The number of aliphatic imine (C=N–C) groups is 1. The van der Waals surface area contributed by atoms with Gasteiger partial charge in [-0.05, 0) is 37.5 Å². The molecule has 0 bridgehead atoms. The van der Waals surface area contributed by atoms with Crippen LogP contribution in [0.15, 0.2) is 52.1 Å². The lowest BCUT2D eigenvalue weighted by atomic mass is 9.89. The summed E-state index contributed by atoms with van der Waals surface area (Å²) >= 11 is 0. The van der Waals surface area contributed by atoms with Crippen LogP contribution in [0.25, 0.3) is 0 Å². The van der Waals surface area contributed by atoms with Gasteiger partial charge < -0.3 is 24.5 Å². The number of hydrogen-bond donors (Lipinski definition) is 2. The van der Waals surface area contributed by atoms with E-state index in [0.717, 1.165) is 50.7 Å². The highest BCUT2D eigenvalue weighted by atomic mass is 16.5. The van der Waals surface area contributed by atoms with Crippen molar-refractivity contribution in [1.29, 1.82) is 0 Å². The van der Waals surface area contributed by atoms with Crippen molar-refractivity contribution in [3.63, 3.8) is 0 Å². The fourth-order valence-electron chi connectivity index (χ4n) is 3.57. The summed E-state index contributed by atoms with van der Waals surface area (Å²) in [6, 6.07) is 12.6. The zero-order valence-corrected chi connectivity index (χ0v) is 17.5. The Kier molecular flexibility index (Phi) is 8.58. The number of nitrogens with zero attached hydrogens (tertiary/aromatic N) is 1. The van der Waals surface area contributed by atoms with Crippen LogP contribution in [0.1, 0.15) is 35.8 Å². The normalized spacial score (nSPS) is 19.9. The molecule has 1 saturated heterocycles. The molecule has 6 nitrogen and oxygen atoms in total. The van der Waals surface area contributed by atoms with Crippen LogP contribution in [0.3, 0.4) is 0 Å². The molecule has 6 heteroatoms. The third-order valence-electron chi connectivity index (χ3n) is 5.18. The molecule has 0 saturated carbocycles. The van der Waals surface area contributed by atoms with Gasteiger partial charge in [0.25, 0.3) is 0 Å². The van der Waals surface area contributed by atoms with Gasteiger partial charge in [-0.25, -0.2) is 0 Å². The van der Waals surface area contributed by atoms with Gasteiger partial charge in [0.1, 0.15) is 5.76 Å². The first-order valence-electron chi connectivity index (χ1n) is 10.5. The second-order valence-corrected chi connectivity index (χ2v) is 7.47. The number of hydrogen-bond acceptors (Lipinski definition) is 4. The topological polar surface area (TPSA) is 68.0 Å². The van der Waals surface area contributed by atoms with E-state index in [0.29, 0.717) is 19.1 Å². The minimum absolute atomic E-state index is 0.108. The third-order valence-corrected chi connectivity index (χ3v) is 5.18. The third kappa shape index (κ3) is 6.91.